The van der Waals surface area contributed by atoms with E-state index in [-0.39, 0.29) is 0 Å². The van der Waals surface area contributed by atoms with E-state index in [0.29, 0.717) is 24.2 Å². The number of hydrogen-bond acceptors (Lipinski definition) is 2. The highest BCUT2D eigenvalue weighted by atomic mass is 32.1. The van der Waals surface area contributed by atoms with Gasteiger partial charge in [0.15, 0.2) is 5.11 Å². The van der Waals surface area contributed by atoms with Crippen LogP contribution in [0.2, 0.25) is 0 Å². The van der Waals surface area contributed by atoms with Gasteiger partial charge in [-0.05, 0) is 31.1 Å². The van der Waals surface area contributed by atoms with Gasteiger partial charge in [0.2, 0.25) is 0 Å². The van der Waals surface area contributed by atoms with E-state index in [1.54, 1.807) is 0 Å². The maximum Gasteiger partial charge on any atom is 0.168 e. The van der Waals surface area contributed by atoms with Crippen molar-refractivity contribution in [3.63, 3.8) is 0 Å². The lowest BCUT2D eigenvalue weighted by Gasteiger charge is -2.45. The van der Waals surface area contributed by atoms with Gasteiger partial charge in [0.25, 0.3) is 0 Å². The summed E-state index contributed by atoms with van der Waals surface area (Å²) in [4.78, 5) is 2.32. The molecule has 0 aromatic heterocycles. The van der Waals surface area contributed by atoms with Crippen LogP contribution in [0.25, 0.3) is 0 Å². The van der Waals surface area contributed by atoms with Gasteiger partial charge in [-0.2, -0.15) is 0 Å². The summed E-state index contributed by atoms with van der Waals surface area (Å²) >= 11 is 5.20. The molecule has 0 saturated carbocycles. The van der Waals surface area contributed by atoms with Crippen molar-refractivity contribution in [3.8, 4) is 0 Å². The van der Waals surface area contributed by atoms with Crippen LogP contribution in [-0.2, 0) is 0 Å². The molecule has 4 heteroatoms. The van der Waals surface area contributed by atoms with Crippen LogP contribution in [0.1, 0.15) is 27.7 Å². The van der Waals surface area contributed by atoms with Gasteiger partial charge in [0.05, 0.1) is 12.3 Å². The molecule has 1 aliphatic rings. The van der Waals surface area contributed by atoms with Crippen molar-refractivity contribution in [1.82, 2.24) is 15.5 Å². The van der Waals surface area contributed by atoms with E-state index in [2.05, 4.69) is 50.3 Å². The van der Waals surface area contributed by atoms with Crippen LogP contribution in [0.3, 0.4) is 0 Å². The first-order valence-electron chi connectivity index (χ1n) is 5.22. The number of rotatable bonds is 2. The summed E-state index contributed by atoms with van der Waals surface area (Å²) < 4.78 is 0. The molecule has 1 fully saturated rings. The maximum absolute atomic E-state index is 5.20. The van der Waals surface area contributed by atoms with Gasteiger partial charge >= 0.3 is 0 Å². The molecule has 0 aromatic carbocycles. The number of hydrogen-bond donors (Lipinski definition) is 2. The lowest BCUT2D eigenvalue weighted by molar-refractivity contribution is 0.0677. The molecule has 0 bridgehead atoms. The predicted octanol–water partition coefficient (Wildman–Crippen LogP) is 1.36. The standard InChI is InChI=1S/C10H21N3S/c1-6(2)8-11-10(14)12-9(7(3)4)13(8)5/h6-9H,1-5H3,(H2,11,12,14). The van der Waals surface area contributed by atoms with Crippen molar-refractivity contribution in [2.24, 2.45) is 11.8 Å². The molecule has 2 atom stereocenters. The Bertz CT molecular complexity index is 195. The highest BCUT2D eigenvalue weighted by Crippen LogP contribution is 2.16. The second-order valence-corrected chi connectivity index (χ2v) is 5.07. The zero-order chi connectivity index (χ0) is 10.9. The van der Waals surface area contributed by atoms with Crippen molar-refractivity contribution in [2.75, 3.05) is 7.05 Å². The molecule has 0 aliphatic carbocycles. The van der Waals surface area contributed by atoms with Crippen molar-refractivity contribution < 1.29 is 0 Å². The fourth-order valence-electron chi connectivity index (χ4n) is 1.96. The second kappa shape index (κ2) is 4.45. The minimum absolute atomic E-state index is 0.344. The third kappa shape index (κ3) is 2.36. The SMILES string of the molecule is CC(C)C1NC(=S)NC(C(C)C)N1C. The van der Waals surface area contributed by atoms with Crippen LogP contribution in [0, 0.1) is 11.8 Å². The molecule has 2 N–H and O–H groups in total. The number of thiocarbonyl (C=S) groups is 1. The van der Waals surface area contributed by atoms with Gasteiger partial charge in [-0.15, -0.1) is 0 Å². The first kappa shape index (κ1) is 11.7. The van der Waals surface area contributed by atoms with Gasteiger partial charge in [-0.1, -0.05) is 27.7 Å². The summed E-state index contributed by atoms with van der Waals surface area (Å²) in [5.41, 5.74) is 0. The predicted molar refractivity (Wildman–Crippen MR) is 63.9 cm³/mol. The summed E-state index contributed by atoms with van der Waals surface area (Å²) in [6.07, 6.45) is 0.687. The molecular weight excluding hydrogens is 194 g/mol. The fourth-order valence-corrected chi connectivity index (χ4v) is 2.20. The molecular formula is C10H21N3S. The molecule has 0 radical (unpaired) electrons. The van der Waals surface area contributed by atoms with Crippen molar-refractivity contribution in [2.45, 2.75) is 40.0 Å². The first-order chi connectivity index (χ1) is 6.43. The highest BCUT2D eigenvalue weighted by Gasteiger charge is 2.32. The second-order valence-electron chi connectivity index (χ2n) is 4.66. The van der Waals surface area contributed by atoms with E-state index in [0.717, 1.165) is 5.11 Å². The Morgan fingerprint density at radius 2 is 1.43 bits per heavy atom. The average Bonchev–Trinajstić information content (AvgIpc) is 2.07. The summed E-state index contributed by atoms with van der Waals surface area (Å²) in [6.45, 7) is 8.83. The van der Waals surface area contributed by atoms with Crippen LogP contribution in [-0.4, -0.2) is 29.4 Å². The normalized spacial score (nSPS) is 29.2. The Morgan fingerprint density at radius 1 is 1.07 bits per heavy atom. The Balaban J connectivity index is 2.75. The lowest BCUT2D eigenvalue weighted by Crippen LogP contribution is -2.67. The molecule has 3 nitrogen and oxygen atoms in total. The van der Waals surface area contributed by atoms with Crippen molar-refractivity contribution in [1.29, 1.82) is 0 Å². The molecule has 1 heterocycles. The quantitative estimate of drug-likeness (QED) is 0.680. The van der Waals surface area contributed by atoms with E-state index in [4.69, 9.17) is 12.2 Å². The summed E-state index contributed by atoms with van der Waals surface area (Å²) in [7, 11) is 2.14. The van der Waals surface area contributed by atoms with Gasteiger partial charge in [-0.3, -0.25) is 4.90 Å². The Hall–Kier alpha value is -0.350. The molecule has 1 aliphatic heterocycles. The van der Waals surface area contributed by atoms with E-state index in [1.165, 1.54) is 0 Å². The molecule has 0 spiro atoms. The minimum atomic E-state index is 0.344. The van der Waals surface area contributed by atoms with Crippen molar-refractivity contribution in [3.05, 3.63) is 0 Å². The molecule has 0 amide bonds. The fraction of sp³-hybridized carbons (Fsp3) is 0.900. The Kier molecular flexibility index (Phi) is 3.72. The first-order valence-corrected chi connectivity index (χ1v) is 5.63. The van der Waals surface area contributed by atoms with Crippen molar-refractivity contribution >= 4 is 17.3 Å². The summed E-state index contributed by atoms with van der Waals surface area (Å²) in [6, 6.07) is 0. The third-order valence-corrected chi connectivity index (χ3v) is 2.93. The molecule has 14 heavy (non-hydrogen) atoms. The van der Waals surface area contributed by atoms with Crippen LogP contribution >= 0.6 is 12.2 Å². The average molecular weight is 215 g/mol. The summed E-state index contributed by atoms with van der Waals surface area (Å²) in [5.74, 6) is 1.11. The van der Waals surface area contributed by atoms with Crippen LogP contribution < -0.4 is 10.6 Å². The van der Waals surface area contributed by atoms with Crippen LogP contribution in [0.15, 0.2) is 0 Å². The van der Waals surface area contributed by atoms with Crippen LogP contribution in [0.5, 0.6) is 0 Å². The smallest absolute Gasteiger partial charge is 0.168 e. The van der Waals surface area contributed by atoms with E-state index < -0.39 is 0 Å². The van der Waals surface area contributed by atoms with E-state index >= 15 is 0 Å². The van der Waals surface area contributed by atoms with Gasteiger partial charge in [0, 0.05) is 0 Å². The monoisotopic (exact) mass is 215 g/mol. The minimum Gasteiger partial charge on any atom is -0.347 e. The lowest BCUT2D eigenvalue weighted by atomic mass is 10.0. The number of nitrogens with zero attached hydrogens (tertiary/aromatic N) is 1. The van der Waals surface area contributed by atoms with Gasteiger partial charge < -0.3 is 10.6 Å². The topological polar surface area (TPSA) is 27.3 Å². The van der Waals surface area contributed by atoms with Crippen LogP contribution in [0.4, 0.5) is 0 Å². The third-order valence-electron chi connectivity index (χ3n) is 2.70. The van der Waals surface area contributed by atoms with E-state index in [9.17, 15) is 0 Å². The van der Waals surface area contributed by atoms with E-state index in [1.807, 2.05) is 0 Å². The van der Waals surface area contributed by atoms with Gasteiger partial charge in [0.1, 0.15) is 0 Å². The maximum atomic E-state index is 5.20. The Labute approximate surface area is 92.2 Å². The largest absolute Gasteiger partial charge is 0.347 e. The molecule has 0 aromatic rings. The molecule has 1 rings (SSSR count). The zero-order valence-corrected chi connectivity index (χ0v) is 10.5. The molecule has 1 saturated heterocycles. The Morgan fingerprint density at radius 3 is 1.71 bits per heavy atom. The summed E-state index contributed by atoms with van der Waals surface area (Å²) in [5, 5.41) is 7.37. The van der Waals surface area contributed by atoms with Gasteiger partial charge in [-0.25, -0.2) is 0 Å². The number of nitrogens with one attached hydrogen (secondary N) is 2. The highest BCUT2D eigenvalue weighted by molar-refractivity contribution is 7.80. The molecule has 82 valence electrons. The molecule has 2 unspecified atom stereocenters. The zero-order valence-electron chi connectivity index (χ0n) is 9.66.